The van der Waals surface area contributed by atoms with E-state index in [-0.39, 0.29) is 0 Å². The van der Waals surface area contributed by atoms with Gasteiger partial charge in [-0.2, -0.15) is 12.6 Å². The molecule has 0 amide bonds. The largest absolute Gasteiger partial charge is 0.381 e. The molecule has 94 valence electrons. The molecule has 0 aromatic heterocycles. The first-order valence-electron chi connectivity index (χ1n) is 6.00. The Morgan fingerprint density at radius 2 is 1.88 bits per heavy atom. The van der Waals surface area contributed by atoms with Gasteiger partial charge in [0.1, 0.15) is 0 Å². The van der Waals surface area contributed by atoms with E-state index in [4.69, 9.17) is 4.74 Å². The molecule has 0 radical (unpaired) electrons. The molecule has 2 heterocycles. The lowest BCUT2D eigenvalue weighted by Crippen LogP contribution is -2.47. The second kappa shape index (κ2) is 5.85. The molecule has 0 saturated carbocycles. The van der Waals surface area contributed by atoms with Gasteiger partial charge >= 0.3 is 0 Å². The Balaban J connectivity index is 1.88. The fourth-order valence-electron chi connectivity index (χ4n) is 2.48. The summed E-state index contributed by atoms with van der Waals surface area (Å²) in [5.41, 5.74) is 0.334. The van der Waals surface area contributed by atoms with E-state index in [1.165, 1.54) is 0 Å². The van der Waals surface area contributed by atoms with Crippen LogP contribution in [0.5, 0.6) is 0 Å². The highest BCUT2D eigenvalue weighted by molar-refractivity contribution is 7.85. The molecule has 2 aliphatic rings. The maximum Gasteiger partial charge on any atom is 0.0472 e. The van der Waals surface area contributed by atoms with Gasteiger partial charge in [0.2, 0.25) is 0 Å². The summed E-state index contributed by atoms with van der Waals surface area (Å²) in [6.45, 7) is 4.84. The second-order valence-electron chi connectivity index (χ2n) is 4.89. The van der Waals surface area contributed by atoms with Gasteiger partial charge in [-0.25, -0.2) is 0 Å². The van der Waals surface area contributed by atoms with Gasteiger partial charge in [-0.1, -0.05) is 0 Å². The van der Waals surface area contributed by atoms with Crippen LogP contribution < -0.4 is 0 Å². The van der Waals surface area contributed by atoms with E-state index in [0.29, 0.717) is 5.41 Å². The summed E-state index contributed by atoms with van der Waals surface area (Å²) in [6.07, 6.45) is 2.24. The standard InChI is InChI=1S/C11H21NO2S2/c13-16-7-3-12(4-8-16)9-11(10-15)1-5-14-6-2-11/h15H,1-10H2. The number of hydrogen-bond donors (Lipinski definition) is 1. The van der Waals surface area contributed by atoms with E-state index in [9.17, 15) is 4.21 Å². The van der Waals surface area contributed by atoms with Gasteiger partial charge in [-0.05, 0) is 24.0 Å². The van der Waals surface area contributed by atoms with Crippen LogP contribution in [0, 0.1) is 5.41 Å². The third-order valence-electron chi connectivity index (χ3n) is 3.72. The smallest absolute Gasteiger partial charge is 0.0472 e. The van der Waals surface area contributed by atoms with Crippen molar-refractivity contribution in [3.05, 3.63) is 0 Å². The minimum absolute atomic E-state index is 0.334. The molecule has 5 heteroatoms. The Morgan fingerprint density at radius 1 is 1.25 bits per heavy atom. The molecule has 0 N–H and O–H groups in total. The van der Waals surface area contributed by atoms with Crippen molar-refractivity contribution in [3.8, 4) is 0 Å². The van der Waals surface area contributed by atoms with Crippen LogP contribution in [-0.2, 0) is 15.5 Å². The highest BCUT2D eigenvalue weighted by atomic mass is 32.2. The van der Waals surface area contributed by atoms with E-state index >= 15 is 0 Å². The van der Waals surface area contributed by atoms with Crippen molar-refractivity contribution in [2.75, 3.05) is 50.1 Å². The van der Waals surface area contributed by atoms with Gasteiger partial charge in [-0.15, -0.1) is 0 Å². The summed E-state index contributed by atoms with van der Waals surface area (Å²) in [5.74, 6) is 2.63. The van der Waals surface area contributed by atoms with Crippen LogP contribution in [0.1, 0.15) is 12.8 Å². The predicted octanol–water partition coefficient (Wildman–Crippen LogP) is 0.777. The molecule has 0 aromatic rings. The van der Waals surface area contributed by atoms with Crippen molar-refractivity contribution in [3.63, 3.8) is 0 Å². The topological polar surface area (TPSA) is 29.5 Å². The molecule has 2 fully saturated rings. The molecular weight excluding hydrogens is 242 g/mol. The Bertz CT molecular complexity index is 244. The average molecular weight is 263 g/mol. The number of ether oxygens (including phenoxy) is 1. The van der Waals surface area contributed by atoms with E-state index in [1.807, 2.05) is 0 Å². The van der Waals surface area contributed by atoms with Crippen LogP contribution in [0.2, 0.25) is 0 Å². The molecule has 2 rings (SSSR count). The number of hydrogen-bond acceptors (Lipinski definition) is 4. The molecule has 2 aliphatic heterocycles. The highest BCUT2D eigenvalue weighted by Crippen LogP contribution is 2.32. The molecule has 0 unspecified atom stereocenters. The maximum atomic E-state index is 11.3. The molecular formula is C11H21NO2S2. The zero-order chi connectivity index (χ0) is 11.4. The van der Waals surface area contributed by atoms with Crippen LogP contribution in [0.25, 0.3) is 0 Å². The lowest BCUT2D eigenvalue weighted by atomic mass is 9.81. The van der Waals surface area contributed by atoms with Gasteiger partial charge in [-0.3, -0.25) is 4.21 Å². The molecule has 3 nitrogen and oxygen atoms in total. The van der Waals surface area contributed by atoms with Crippen LogP contribution in [0.4, 0.5) is 0 Å². The third-order valence-corrected chi connectivity index (χ3v) is 5.66. The Morgan fingerprint density at radius 3 is 2.44 bits per heavy atom. The highest BCUT2D eigenvalue weighted by Gasteiger charge is 2.33. The third kappa shape index (κ3) is 3.22. The van der Waals surface area contributed by atoms with Crippen LogP contribution in [-0.4, -0.2) is 59.2 Å². The fourth-order valence-corrected chi connectivity index (χ4v) is 4.02. The van der Waals surface area contributed by atoms with Crippen LogP contribution in [0.15, 0.2) is 0 Å². The minimum Gasteiger partial charge on any atom is -0.381 e. The quantitative estimate of drug-likeness (QED) is 0.763. The van der Waals surface area contributed by atoms with Crippen molar-refractivity contribution in [2.45, 2.75) is 12.8 Å². The summed E-state index contributed by atoms with van der Waals surface area (Å²) in [7, 11) is -0.568. The van der Waals surface area contributed by atoms with Gasteiger partial charge < -0.3 is 9.64 Å². The van der Waals surface area contributed by atoms with Crippen LogP contribution >= 0.6 is 12.6 Å². The van der Waals surface area contributed by atoms with E-state index in [0.717, 1.165) is 62.9 Å². The normalized spacial score (nSPS) is 28.1. The first-order valence-corrected chi connectivity index (χ1v) is 8.12. The maximum absolute atomic E-state index is 11.3. The summed E-state index contributed by atoms with van der Waals surface area (Å²) in [5, 5.41) is 0. The summed E-state index contributed by atoms with van der Waals surface area (Å²) < 4.78 is 16.7. The minimum atomic E-state index is -0.568. The number of rotatable bonds is 3. The predicted molar refractivity (Wildman–Crippen MR) is 70.7 cm³/mol. The Labute approximate surface area is 106 Å². The second-order valence-corrected chi connectivity index (χ2v) is 6.91. The van der Waals surface area contributed by atoms with Crippen molar-refractivity contribution < 1.29 is 8.95 Å². The summed E-state index contributed by atoms with van der Waals surface area (Å²) >= 11 is 4.52. The van der Waals surface area contributed by atoms with Crippen molar-refractivity contribution in [2.24, 2.45) is 5.41 Å². The summed E-state index contributed by atoms with van der Waals surface area (Å²) in [4.78, 5) is 2.46. The average Bonchev–Trinajstić information content (AvgIpc) is 2.33. The van der Waals surface area contributed by atoms with Gasteiger partial charge in [0.05, 0.1) is 0 Å². The van der Waals surface area contributed by atoms with Crippen molar-refractivity contribution >= 4 is 23.4 Å². The van der Waals surface area contributed by atoms with Gasteiger partial charge in [0.25, 0.3) is 0 Å². The molecule has 0 atom stereocenters. The van der Waals surface area contributed by atoms with Gasteiger partial charge in [0, 0.05) is 55.2 Å². The summed E-state index contributed by atoms with van der Waals surface area (Å²) in [6, 6.07) is 0. The number of thiol groups is 1. The zero-order valence-corrected chi connectivity index (χ0v) is 11.4. The fraction of sp³-hybridized carbons (Fsp3) is 1.00. The molecule has 0 aliphatic carbocycles. The van der Waals surface area contributed by atoms with Crippen molar-refractivity contribution in [1.29, 1.82) is 0 Å². The Kier molecular flexibility index (Phi) is 4.70. The lowest BCUT2D eigenvalue weighted by Gasteiger charge is -2.41. The van der Waals surface area contributed by atoms with E-state index in [1.54, 1.807) is 0 Å². The zero-order valence-electron chi connectivity index (χ0n) is 9.69. The SMILES string of the molecule is O=S1CCN(CC2(CS)CCOCC2)CC1. The molecule has 0 spiro atoms. The molecule has 0 bridgehead atoms. The van der Waals surface area contributed by atoms with E-state index < -0.39 is 10.8 Å². The number of nitrogens with zero attached hydrogens (tertiary/aromatic N) is 1. The Hall–Kier alpha value is 0.420. The van der Waals surface area contributed by atoms with Crippen molar-refractivity contribution in [1.82, 2.24) is 4.90 Å². The molecule has 16 heavy (non-hydrogen) atoms. The lowest BCUT2D eigenvalue weighted by molar-refractivity contribution is 0.00912. The van der Waals surface area contributed by atoms with E-state index in [2.05, 4.69) is 17.5 Å². The first kappa shape index (κ1) is 12.9. The van der Waals surface area contributed by atoms with Crippen LogP contribution in [0.3, 0.4) is 0 Å². The monoisotopic (exact) mass is 263 g/mol. The molecule has 0 aromatic carbocycles. The van der Waals surface area contributed by atoms with Gasteiger partial charge in [0.15, 0.2) is 0 Å². The first-order chi connectivity index (χ1) is 7.74. The molecule has 2 saturated heterocycles.